The maximum Gasteiger partial charge on any atom is 0.244 e. The highest BCUT2D eigenvalue weighted by Gasteiger charge is 2.36. The summed E-state index contributed by atoms with van der Waals surface area (Å²) in [7, 11) is 3.65. The number of anilines is 1. The smallest absolute Gasteiger partial charge is 0.244 e. The van der Waals surface area contributed by atoms with Crippen LogP contribution < -0.4 is 9.64 Å². The third-order valence-corrected chi connectivity index (χ3v) is 4.53. The molecule has 1 aromatic carbocycles. The van der Waals surface area contributed by atoms with E-state index < -0.39 is 0 Å². The monoisotopic (exact) mass is 325 g/mol. The first kappa shape index (κ1) is 16.5. The highest BCUT2D eigenvalue weighted by Crippen LogP contribution is 2.32. The molecule has 1 amide bonds. The van der Waals surface area contributed by atoms with Gasteiger partial charge in [-0.05, 0) is 37.7 Å². The summed E-state index contributed by atoms with van der Waals surface area (Å²) in [5.74, 6) is 0.880. The van der Waals surface area contributed by atoms with Crippen molar-refractivity contribution in [3.8, 4) is 5.75 Å². The Kier molecular flexibility index (Phi) is 5.11. The van der Waals surface area contributed by atoms with E-state index in [1.807, 2.05) is 54.4 Å². The number of nitrogens with zero attached hydrogens (tertiary/aromatic N) is 3. The van der Waals surface area contributed by atoms with Gasteiger partial charge < -0.3 is 9.64 Å². The van der Waals surface area contributed by atoms with E-state index in [-0.39, 0.29) is 11.9 Å². The molecule has 1 aliphatic heterocycles. The summed E-state index contributed by atoms with van der Waals surface area (Å²) >= 11 is 0. The molecule has 1 aromatic heterocycles. The van der Waals surface area contributed by atoms with Crippen molar-refractivity contribution in [1.82, 2.24) is 9.88 Å². The Balaban J connectivity index is 1.65. The number of hydrogen-bond donors (Lipinski definition) is 0. The summed E-state index contributed by atoms with van der Waals surface area (Å²) in [6.45, 7) is 1.53. The SMILES string of the molecule is COc1ccccc1N1CC[C@H](N(C)CCc2ccccn2)C1=O. The van der Waals surface area contributed by atoms with Gasteiger partial charge in [-0.25, -0.2) is 0 Å². The maximum atomic E-state index is 12.8. The Labute approximate surface area is 142 Å². The molecule has 0 bridgehead atoms. The lowest BCUT2D eigenvalue weighted by Crippen LogP contribution is -2.40. The predicted octanol–water partition coefficient (Wildman–Crippen LogP) is 2.37. The van der Waals surface area contributed by atoms with Crippen molar-refractivity contribution in [3.63, 3.8) is 0 Å². The molecular formula is C19H23N3O2. The molecule has 5 nitrogen and oxygen atoms in total. The zero-order chi connectivity index (χ0) is 16.9. The standard InChI is InChI=1S/C19H23N3O2/c1-21(13-10-15-7-5-6-12-20-15)17-11-14-22(19(17)23)16-8-3-4-9-18(16)24-2/h3-9,12,17H,10-11,13-14H2,1-2H3/t17-/m0/s1. The van der Waals surface area contributed by atoms with Crippen molar-refractivity contribution in [2.45, 2.75) is 18.9 Å². The second-order valence-corrected chi connectivity index (χ2v) is 6.02. The average Bonchev–Trinajstić information content (AvgIpc) is 3.02. The molecule has 0 spiro atoms. The summed E-state index contributed by atoms with van der Waals surface area (Å²) in [5, 5.41) is 0. The van der Waals surface area contributed by atoms with E-state index >= 15 is 0 Å². The topological polar surface area (TPSA) is 45.7 Å². The van der Waals surface area contributed by atoms with Crippen LogP contribution in [0.3, 0.4) is 0 Å². The normalized spacial score (nSPS) is 17.5. The lowest BCUT2D eigenvalue weighted by Gasteiger charge is -2.24. The van der Waals surface area contributed by atoms with Crippen molar-refractivity contribution < 1.29 is 9.53 Å². The van der Waals surface area contributed by atoms with Crippen LogP contribution in [0, 0.1) is 0 Å². The van der Waals surface area contributed by atoms with E-state index in [0.717, 1.165) is 43.1 Å². The van der Waals surface area contributed by atoms with E-state index in [4.69, 9.17) is 4.74 Å². The van der Waals surface area contributed by atoms with Gasteiger partial charge in [0.2, 0.25) is 5.91 Å². The van der Waals surface area contributed by atoms with Gasteiger partial charge in [-0.1, -0.05) is 18.2 Å². The zero-order valence-electron chi connectivity index (χ0n) is 14.2. The number of ether oxygens (including phenoxy) is 1. The van der Waals surface area contributed by atoms with Crippen LogP contribution in [0.4, 0.5) is 5.69 Å². The number of para-hydroxylation sites is 2. The third kappa shape index (κ3) is 3.41. The van der Waals surface area contributed by atoms with Crippen LogP contribution in [0.5, 0.6) is 5.75 Å². The van der Waals surface area contributed by atoms with Crippen LogP contribution in [0.25, 0.3) is 0 Å². The fourth-order valence-electron chi connectivity index (χ4n) is 3.16. The van der Waals surface area contributed by atoms with Gasteiger partial charge in [-0.15, -0.1) is 0 Å². The van der Waals surface area contributed by atoms with E-state index in [1.54, 1.807) is 13.3 Å². The Bertz CT molecular complexity index is 690. The minimum absolute atomic E-state index is 0.0846. The van der Waals surface area contributed by atoms with Gasteiger partial charge in [0.15, 0.2) is 0 Å². The molecule has 1 atom stereocenters. The lowest BCUT2D eigenvalue weighted by atomic mass is 10.2. The first-order valence-corrected chi connectivity index (χ1v) is 8.25. The van der Waals surface area contributed by atoms with E-state index in [0.29, 0.717) is 0 Å². The highest BCUT2D eigenvalue weighted by atomic mass is 16.5. The number of aromatic nitrogens is 1. The summed E-state index contributed by atoms with van der Waals surface area (Å²) in [6, 6.07) is 13.5. The zero-order valence-corrected chi connectivity index (χ0v) is 14.2. The van der Waals surface area contributed by atoms with Crippen molar-refractivity contribution in [2.75, 3.05) is 32.1 Å². The second kappa shape index (κ2) is 7.45. The van der Waals surface area contributed by atoms with Gasteiger partial charge in [0.1, 0.15) is 5.75 Å². The van der Waals surface area contributed by atoms with Gasteiger partial charge >= 0.3 is 0 Å². The number of methoxy groups -OCH3 is 1. The molecule has 0 N–H and O–H groups in total. The lowest BCUT2D eigenvalue weighted by molar-refractivity contribution is -0.121. The maximum absolute atomic E-state index is 12.8. The van der Waals surface area contributed by atoms with Crippen LogP contribution in [0.1, 0.15) is 12.1 Å². The van der Waals surface area contributed by atoms with Crippen molar-refractivity contribution in [1.29, 1.82) is 0 Å². The Hall–Kier alpha value is -2.40. The second-order valence-electron chi connectivity index (χ2n) is 6.02. The van der Waals surface area contributed by atoms with Gasteiger partial charge in [-0.3, -0.25) is 14.7 Å². The number of benzene rings is 1. The van der Waals surface area contributed by atoms with Crippen LogP contribution in [0.15, 0.2) is 48.7 Å². The molecule has 24 heavy (non-hydrogen) atoms. The molecule has 5 heteroatoms. The number of carbonyl (C=O) groups is 1. The van der Waals surface area contributed by atoms with Gasteiger partial charge in [-0.2, -0.15) is 0 Å². The minimum Gasteiger partial charge on any atom is -0.495 e. The molecule has 126 valence electrons. The summed E-state index contributed by atoms with van der Waals surface area (Å²) in [6.07, 6.45) is 3.48. The molecule has 0 unspecified atom stereocenters. The molecule has 2 aromatic rings. The quantitative estimate of drug-likeness (QED) is 0.818. The van der Waals surface area contributed by atoms with E-state index in [1.165, 1.54) is 0 Å². The van der Waals surface area contributed by atoms with Crippen LogP contribution in [-0.4, -0.2) is 49.1 Å². The van der Waals surface area contributed by atoms with E-state index in [2.05, 4.69) is 9.88 Å². The van der Waals surface area contributed by atoms with Gasteiger partial charge in [0, 0.05) is 31.4 Å². The predicted molar refractivity (Wildman–Crippen MR) is 94.3 cm³/mol. The highest BCUT2D eigenvalue weighted by molar-refractivity contribution is 6.00. The summed E-state index contributed by atoms with van der Waals surface area (Å²) < 4.78 is 5.39. The Morgan fingerprint density at radius 2 is 2.04 bits per heavy atom. The van der Waals surface area contributed by atoms with Gasteiger partial charge in [0.05, 0.1) is 18.8 Å². The minimum atomic E-state index is -0.0846. The fourth-order valence-corrected chi connectivity index (χ4v) is 3.16. The molecule has 0 radical (unpaired) electrons. The van der Waals surface area contributed by atoms with Crippen LogP contribution in [0.2, 0.25) is 0 Å². The van der Waals surface area contributed by atoms with Crippen LogP contribution in [-0.2, 0) is 11.2 Å². The molecule has 1 aliphatic rings. The first-order chi connectivity index (χ1) is 11.7. The number of likely N-dealkylation sites (N-methyl/N-ethyl adjacent to an activating group) is 1. The molecule has 3 rings (SSSR count). The largest absolute Gasteiger partial charge is 0.495 e. The number of hydrogen-bond acceptors (Lipinski definition) is 4. The summed E-state index contributed by atoms with van der Waals surface area (Å²) in [5.41, 5.74) is 1.90. The number of amides is 1. The van der Waals surface area contributed by atoms with Crippen molar-refractivity contribution >= 4 is 11.6 Å². The Morgan fingerprint density at radius 1 is 1.25 bits per heavy atom. The number of rotatable bonds is 6. The molecule has 2 heterocycles. The molecular weight excluding hydrogens is 302 g/mol. The van der Waals surface area contributed by atoms with Crippen molar-refractivity contribution in [3.05, 3.63) is 54.4 Å². The van der Waals surface area contributed by atoms with Gasteiger partial charge in [0.25, 0.3) is 0 Å². The number of pyridine rings is 1. The van der Waals surface area contributed by atoms with Crippen LogP contribution >= 0.6 is 0 Å². The molecule has 1 fully saturated rings. The van der Waals surface area contributed by atoms with Crippen molar-refractivity contribution in [2.24, 2.45) is 0 Å². The fraction of sp³-hybridized carbons (Fsp3) is 0.368. The molecule has 1 saturated heterocycles. The van der Waals surface area contributed by atoms with E-state index in [9.17, 15) is 4.79 Å². The molecule has 0 saturated carbocycles. The Morgan fingerprint density at radius 3 is 2.79 bits per heavy atom. The third-order valence-electron chi connectivity index (χ3n) is 4.53. The molecule has 0 aliphatic carbocycles. The number of carbonyl (C=O) groups excluding carboxylic acids is 1. The average molecular weight is 325 g/mol. The first-order valence-electron chi connectivity index (χ1n) is 8.25. The summed E-state index contributed by atoms with van der Waals surface area (Å²) in [4.78, 5) is 21.1.